The Kier molecular flexibility index (Phi) is 8.03. The highest BCUT2D eigenvalue weighted by atomic mass is 32.2. The third-order valence-corrected chi connectivity index (χ3v) is 4.02. The lowest BCUT2D eigenvalue weighted by molar-refractivity contribution is -0.119. The Morgan fingerprint density at radius 3 is 1.62 bits per heavy atom. The van der Waals surface area contributed by atoms with Gasteiger partial charge in [0.05, 0.1) is 9.81 Å². The first-order chi connectivity index (χ1) is 7.54. The van der Waals surface area contributed by atoms with Gasteiger partial charge >= 0.3 is 0 Å². The molecule has 0 saturated carbocycles. The number of thioether (sulfide) groups is 2. The normalized spacial score (nSPS) is 9.38. The van der Waals surface area contributed by atoms with Crippen molar-refractivity contribution in [3.8, 4) is 0 Å². The maximum absolute atomic E-state index is 11.4. The summed E-state index contributed by atoms with van der Waals surface area (Å²) in [6.07, 6.45) is 3.49. The predicted molar refractivity (Wildman–Crippen MR) is 73.7 cm³/mol. The van der Waals surface area contributed by atoms with Gasteiger partial charge in [0.25, 0.3) is 0 Å². The molecule has 0 aliphatic rings. The van der Waals surface area contributed by atoms with Crippen LogP contribution in [0.2, 0.25) is 0 Å². The summed E-state index contributed by atoms with van der Waals surface area (Å²) >= 11 is 2.92. The summed E-state index contributed by atoms with van der Waals surface area (Å²) in [5, 5.41) is 0. The van der Waals surface area contributed by atoms with Crippen molar-refractivity contribution in [3.05, 3.63) is 35.1 Å². The van der Waals surface area contributed by atoms with Crippen LogP contribution in [0.1, 0.15) is 13.8 Å². The predicted octanol–water partition coefficient (Wildman–Crippen LogP) is 3.21. The first-order valence-electron chi connectivity index (χ1n) is 4.78. The summed E-state index contributed by atoms with van der Waals surface area (Å²) < 4.78 is 0.764. The van der Waals surface area contributed by atoms with E-state index in [-0.39, 0.29) is 11.6 Å². The Bertz CT molecular complexity index is 300. The highest BCUT2D eigenvalue weighted by Gasteiger charge is 2.16. The molecule has 0 aliphatic carbocycles. The van der Waals surface area contributed by atoms with Crippen LogP contribution >= 0.6 is 23.5 Å². The zero-order chi connectivity index (χ0) is 12.6. The second kappa shape index (κ2) is 8.42. The Hall–Kier alpha value is -0.740. The standard InChI is InChI=1S/C12H16O2S2/c1-5-7-15-12(16-8-6-2)11(9(3)13)10(4)14/h5-6H,1-2,7-8H2,3-4H3. The number of carbonyl (C=O) groups excluding carboxylic acids is 2. The minimum atomic E-state index is -0.185. The van der Waals surface area contributed by atoms with Crippen LogP contribution < -0.4 is 0 Å². The zero-order valence-electron chi connectivity index (χ0n) is 9.62. The van der Waals surface area contributed by atoms with Gasteiger partial charge in [-0.05, 0) is 13.8 Å². The summed E-state index contributed by atoms with van der Waals surface area (Å²) in [5.74, 6) is 0.999. The number of hydrogen-bond acceptors (Lipinski definition) is 4. The van der Waals surface area contributed by atoms with Crippen LogP contribution in [0.4, 0.5) is 0 Å². The Morgan fingerprint density at radius 2 is 1.38 bits per heavy atom. The van der Waals surface area contributed by atoms with E-state index < -0.39 is 0 Å². The molecule has 4 heteroatoms. The molecule has 0 N–H and O–H groups in total. The lowest BCUT2D eigenvalue weighted by Gasteiger charge is -2.08. The molecule has 0 rings (SSSR count). The van der Waals surface area contributed by atoms with Gasteiger partial charge < -0.3 is 0 Å². The third-order valence-electron chi connectivity index (χ3n) is 1.57. The van der Waals surface area contributed by atoms with E-state index in [0.29, 0.717) is 17.1 Å². The molecule has 0 spiro atoms. The lowest BCUT2D eigenvalue weighted by Crippen LogP contribution is -2.08. The van der Waals surface area contributed by atoms with Gasteiger partial charge in [0.1, 0.15) is 0 Å². The molecule has 0 bridgehead atoms. The quantitative estimate of drug-likeness (QED) is 0.289. The fourth-order valence-corrected chi connectivity index (χ4v) is 3.13. The number of ketones is 2. The van der Waals surface area contributed by atoms with E-state index in [2.05, 4.69) is 13.2 Å². The van der Waals surface area contributed by atoms with E-state index in [4.69, 9.17) is 0 Å². The first-order valence-corrected chi connectivity index (χ1v) is 6.75. The van der Waals surface area contributed by atoms with E-state index in [1.165, 1.54) is 37.4 Å². The summed E-state index contributed by atoms with van der Waals surface area (Å²) in [4.78, 5) is 22.8. The summed E-state index contributed by atoms with van der Waals surface area (Å²) in [5.41, 5.74) is 0.290. The first kappa shape index (κ1) is 15.3. The Balaban J connectivity index is 5.08. The van der Waals surface area contributed by atoms with Crippen molar-refractivity contribution in [2.75, 3.05) is 11.5 Å². The zero-order valence-corrected chi connectivity index (χ0v) is 11.2. The largest absolute Gasteiger partial charge is 0.294 e. The van der Waals surface area contributed by atoms with Crippen molar-refractivity contribution in [2.24, 2.45) is 0 Å². The smallest absolute Gasteiger partial charge is 0.165 e. The van der Waals surface area contributed by atoms with E-state index in [9.17, 15) is 9.59 Å². The highest BCUT2D eigenvalue weighted by Crippen LogP contribution is 2.32. The van der Waals surface area contributed by atoms with Gasteiger partial charge in [0.15, 0.2) is 11.6 Å². The van der Waals surface area contributed by atoms with Crippen molar-refractivity contribution >= 4 is 35.1 Å². The van der Waals surface area contributed by atoms with Crippen LogP contribution in [-0.2, 0) is 9.59 Å². The molecule has 0 aliphatic heterocycles. The van der Waals surface area contributed by atoms with Crippen LogP contribution in [-0.4, -0.2) is 23.1 Å². The molecular formula is C12H16O2S2. The molecule has 16 heavy (non-hydrogen) atoms. The number of rotatable bonds is 8. The topological polar surface area (TPSA) is 34.1 Å². The Labute approximate surface area is 105 Å². The van der Waals surface area contributed by atoms with Crippen molar-refractivity contribution in [1.29, 1.82) is 0 Å². The van der Waals surface area contributed by atoms with Crippen LogP contribution in [0.3, 0.4) is 0 Å². The van der Waals surface area contributed by atoms with Gasteiger partial charge in [-0.3, -0.25) is 9.59 Å². The molecule has 88 valence electrons. The lowest BCUT2D eigenvalue weighted by atomic mass is 10.1. The summed E-state index contributed by atoms with van der Waals surface area (Å²) in [6, 6.07) is 0. The average molecular weight is 256 g/mol. The molecule has 2 nitrogen and oxygen atoms in total. The second-order valence-corrected chi connectivity index (χ2v) is 5.29. The fourth-order valence-electron chi connectivity index (χ4n) is 0.991. The molecule has 0 heterocycles. The Morgan fingerprint density at radius 1 is 1.00 bits per heavy atom. The monoisotopic (exact) mass is 256 g/mol. The van der Waals surface area contributed by atoms with Gasteiger partial charge in [-0.15, -0.1) is 36.7 Å². The van der Waals surface area contributed by atoms with Gasteiger partial charge in [-0.1, -0.05) is 12.2 Å². The van der Waals surface area contributed by atoms with E-state index >= 15 is 0 Å². The van der Waals surface area contributed by atoms with Gasteiger partial charge in [0.2, 0.25) is 0 Å². The van der Waals surface area contributed by atoms with Crippen LogP contribution in [0.25, 0.3) is 0 Å². The van der Waals surface area contributed by atoms with E-state index in [1.807, 2.05) is 0 Å². The molecule has 0 saturated heterocycles. The van der Waals surface area contributed by atoms with Gasteiger partial charge in [-0.2, -0.15) is 0 Å². The maximum atomic E-state index is 11.4. The van der Waals surface area contributed by atoms with Gasteiger partial charge in [0, 0.05) is 11.5 Å². The molecule has 0 fully saturated rings. The molecular weight excluding hydrogens is 240 g/mol. The van der Waals surface area contributed by atoms with Crippen molar-refractivity contribution in [1.82, 2.24) is 0 Å². The molecule has 0 unspecified atom stereocenters. The minimum Gasteiger partial charge on any atom is -0.294 e. The maximum Gasteiger partial charge on any atom is 0.165 e. The molecule has 0 aromatic carbocycles. The van der Waals surface area contributed by atoms with Gasteiger partial charge in [-0.25, -0.2) is 0 Å². The number of carbonyl (C=O) groups is 2. The molecule has 0 amide bonds. The molecule has 0 radical (unpaired) electrons. The second-order valence-electron chi connectivity index (χ2n) is 2.97. The molecule has 0 atom stereocenters. The SMILES string of the molecule is C=CCSC(SCC=C)=C(C(C)=O)C(C)=O. The van der Waals surface area contributed by atoms with Crippen LogP contribution in [0.15, 0.2) is 35.1 Å². The van der Waals surface area contributed by atoms with Crippen molar-refractivity contribution in [2.45, 2.75) is 13.8 Å². The highest BCUT2D eigenvalue weighted by molar-refractivity contribution is 8.22. The minimum absolute atomic E-state index is 0.185. The third kappa shape index (κ3) is 5.37. The molecule has 0 aromatic rings. The number of allylic oxidation sites excluding steroid dienone is 1. The molecule has 0 aromatic heterocycles. The number of Topliss-reactive ketones (excluding diaryl/α,β-unsaturated/α-hetero) is 2. The van der Waals surface area contributed by atoms with Crippen LogP contribution in [0, 0.1) is 0 Å². The number of hydrogen-bond donors (Lipinski definition) is 0. The van der Waals surface area contributed by atoms with E-state index in [0.717, 1.165) is 4.24 Å². The van der Waals surface area contributed by atoms with Crippen LogP contribution in [0.5, 0.6) is 0 Å². The fraction of sp³-hybridized carbons (Fsp3) is 0.333. The summed E-state index contributed by atoms with van der Waals surface area (Å²) in [6.45, 7) is 10.1. The van der Waals surface area contributed by atoms with Crippen molar-refractivity contribution < 1.29 is 9.59 Å². The van der Waals surface area contributed by atoms with E-state index in [1.54, 1.807) is 12.2 Å². The average Bonchev–Trinajstić information content (AvgIpc) is 2.20. The summed E-state index contributed by atoms with van der Waals surface area (Å²) in [7, 11) is 0. The van der Waals surface area contributed by atoms with Crippen molar-refractivity contribution in [3.63, 3.8) is 0 Å².